The molecule has 2 heterocycles. The lowest BCUT2D eigenvalue weighted by Gasteiger charge is -2.10. The first-order valence-corrected chi connectivity index (χ1v) is 8.49. The zero-order valence-corrected chi connectivity index (χ0v) is 14.0. The minimum absolute atomic E-state index is 0.332. The largest absolute Gasteiger partial charge is 0.416 e. The number of imidazole rings is 1. The van der Waals surface area contributed by atoms with Crippen molar-refractivity contribution in [1.29, 1.82) is 0 Å². The van der Waals surface area contributed by atoms with E-state index in [1.165, 1.54) is 6.07 Å². The Kier molecular flexibility index (Phi) is 3.28. The summed E-state index contributed by atoms with van der Waals surface area (Å²) >= 11 is 0. The summed E-state index contributed by atoms with van der Waals surface area (Å²) < 4.78 is 41.3. The highest BCUT2D eigenvalue weighted by Crippen LogP contribution is 2.35. The average molecular weight is 362 g/mol. The van der Waals surface area contributed by atoms with Gasteiger partial charge in [0.25, 0.3) is 0 Å². The quantitative estimate of drug-likeness (QED) is 0.341. The molecule has 132 valence electrons. The molecular formula is C22H13F3N2. The van der Waals surface area contributed by atoms with E-state index in [9.17, 15) is 13.2 Å². The molecule has 0 unspecified atom stereocenters. The number of pyridine rings is 1. The molecule has 0 N–H and O–H groups in total. The molecule has 0 saturated carbocycles. The van der Waals surface area contributed by atoms with E-state index in [2.05, 4.69) is 11.1 Å². The normalized spacial score (nSPS) is 12.3. The Morgan fingerprint density at radius 3 is 2.30 bits per heavy atom. The molecule has 5 aromatic rings. The van der Waals surface area contributed by atoms with Gasteiger partial charge in [-0.15, -0.1) is 0 Å². The van der Waals surface area contributed by atoms with Crippen molar-refractivity contribution in [3.05, 3.63) is 84.4 Å². The Hall–Kier alpha value is -3.34. The van der Waals surface area contributed by atoms with E-state index in [0.717, 1.165) is 34.2 Å². The predicted octanol–water partition coefficient (Wildman–Crippen LogP) is 6.33. The van der Waals surface area contributed by atoms with E-state index in [0.29, 0.717) is 16.7 Å². The molecule has 0 saturated heterocycles. The lowest BCUT2D eigenvalue weighted by Crippen LogP contribution is -2.04. The van der Waals surface area contributed by atoms with Crippen molar-refractivity contribution in [3.63, 3.8) is 0 Å². The summed E-state index contributed by atoms with van der Waals surface area (Å²) in [6.45, 7) is 0. The van der Waals surface area contributed by atoms with Crippen LogP contribution in [0.2, 0.25) is 0 Å². The predicted molar refractivity (Wildman–Crippen MR) is 101 cm³/mol. The smallest absolute Gasteiger partial charge is 0.292 e. The first-order valence-electron chi connectivity index (χ1n) is 8.49. The van der Waals surface area contributed by atoms with Crippen molar-refractivity contribution in [3.8, 4) is 11.3 Å². The van der Waals surface area contributed by atoms with Crippen molar-refractivity contribution >= 4 is 27.5 Å². The highest BCUT2D eigenvalue weighted by atomic mass is 19.4. The number of aromatic nitrogens is 2. The monoisotopic (exact) mass is 362 g/mol. The minimum atomic E-state index is -4.39. The zero-order chi connectivity index (χ0) is 18.6. The molecular weight excluding hydrogens is 349 g/mol. The van der Waals surface area contributed by atoms with Crippen LogP contribution in [0.15, 0.2) is 78.9 Å². The van der Waals surface area contributed by atoms with Crippen molar-refractivity contribution in [2.45, 2.75) is 6.18 Å². The van der Waals surface area contributed by atoms with E-state index in [-0.39, 0.29) is 0 Å². The van der Waals surface area contributed by atoms with Crippen molar-refractivity contribution in [2.75, 3.05) is 0 Å². The standard InChI is InChI=1S/C22H13F3N2/c23-22(24,25)16-10-11-19-18(13-16)26-21-17-9-5-4-8-15(17)12-20(27(19)21)14-6-2-1-3-7-14/h1-13H. The molecule has 5 heteroatoms. The van der Waals surface area contributed by atoms with Crippen LogP contribution < -0.4 is 0 Å². The van der Waals surface area contributed by atoms with Gasteiger partial charge >= 0.3 is 6.18 Å². The first kappa shape index (κ1) is 15.9. The lowest BCUT2D eigenvalue weighted by molar-refractivity contribution is -0.137. The Morgan fingerprint density at radius 2 is 1.52 bits per heavy atom. The van der Waals surface area contributed by atoms with Crippen molar-refractivity contribution in [2.24, 2.45) is 0 Å². The van der Waals surface area contributed by atoms with Gasteiger partial charge in [-0.05, 0) is 35.2 Å². The summed E-state index contributed by atoms with van der Waals surface area (Å²) in [5, 5.41) is 1.90. The van der Waals surface area contributed by atoms with Crippen LogP contribution in [0.4, 0.5) is 13.2 Å². The van der Waals surface area contributed by atoms with Gasteiger partial charge in [-0.25, -0.2) is 4.98 Å². The zero-order valence-electron chi connectivity index (χ0n) is 14.0. The van der Waals surface area contributed by atoms with E-state index < -0.39 is 11.7 Å². The number of halogens is 3. The lowest BCUT2D eigenvalue weighted by atomic mass is 10.1. The number of hydrogen-bond acceptors (Lipinski definition) is 1. The molecule has 5 rings (SSSR count). The molecule has 0 atom stereocenters. The molecule has 0 spiro atoms. The van der Waals surface area contributed by atoms with E-state index in [1.54, 1.807) is 0 Å². The Bertz CT molecular complexity index is 1300. The van der Waals surface area contributed by atoms with E-state index >= 15 is 0 Å². The van der Waals surface area contributed by atoms with Crippen LogP contribution in [0.25, 0.3) is 38.7 Å². The number of nitrogens with zero attached hydrogens (tertiary/aromatic N) is 2. The number of rotatable bonds is 1. The van der Waals surface area contributed by atoms with Gasteiger partial charge in [0.2, 0.25) is 0 Å². The molecule has 0 bridgehead atoms. The highest BCUT2D eigenvalue weighted by molar-refractivity contribution is 6.01. The van der Waals surface area contributed by atoms with Crippen LogP contribution in [0.3, 0.4) is 0 Å². The van der Waals surface area contributed by atoms with E-state index in [1.807, 2.05) is 59.0 Å². The Balaban J connectivity index is 1.95. The molecule has 0 fully saturated rings. The number of benzene rings is 3. The Morgan fingerprint density at radius 1 is 0.778 bits per heavy atom. The maximum absolute atomic E-state index is 13.1. The van der Waals surface area contributed by atoms with Crippen LogP contribution in [-0.4, -0.2) is 9.38 Å². The summed E-state index contributed by atoms with van der Waals surface area (Å²) in [5.41, 5.74) is 2.82. The molecule has 3 aromatic carbocycles. The summed E-state index contributed by atoms with van der Waals surface area (Å²) in [7, 11) is 0. The molecule has 0 aliphatic heterocycles. The fourth-order valence-electron chi connectivity index (χ4n) is 3.54. The summed E-state index contributed by atoms with van der Waals surface area (Å²) in [4.78, 5) is 4.57. The minimum Gasteiger partial charge on any atom is -0.292 e. The third-order valence-corrected chi connectivity index (χ3v) is 4.79. The molecule has 0 aliphatic carbocycles. The highest BCUT2D eigenvalue weighted by Gasteiger charge is 2.31. The van der Waals surface area contributed by atoms with Gasteiger partial charge in [0.05, 0.1) is 22.3 Å². The fraction of sp³-hybridized carbons (Fsp3) is 0.0455. The first-order chi connectivity index (χ1) is 13.0. The van der Waals surface area contributed by atoms with Gasteiger partial charge in [0.15, 0.2) is 0 Å². The van der Waals surface area contributed by atoms with Crippen LogP contribution in [0, 0.1) is 0 Å². The Labute approximate surface area is 152 Å². The van der Waals surface area contributed by atoms with Gasteiger partial charge in [0, 0.05) is 5.39 Å². The number of alkyl halides is 3. The van der Waals surface area contributed by atoms with Gasteiger partial charge in [0.1, 0.15) is 5.65 Å². The molecule has 0 amide bonds. The maximum atomic E-state index is 13.1. The second-order valence-electron chi connectivity index (χ2n) is 6.45. The third kappa shape index (κ3) is 2.46. The summed E-state index contributed by atoms with van der Waals surface area (Å²) in [6.07, 6.45) is -4.39. The van der Waals surface area contributed by atoms with Gasteiger partial charge in [-0.1, -0.05) is 54.6 Å². The van der Waals surface area contributed by atoms with Gasteiger partial charge in [-0.2, -0.15) is 13.2 Å². The van der Waals surface area contributed by atoms with Crippen LogP contribution >= 0.6 is 0 Å². The van der Waals surface area contributed by atoms with Crippen LogP contribution in [0.1, 0.15) is 5.56 Å². The summed E-state index contributed by atoms with van der Waals surface area (Å²) in [5.74, 6) is 0. The van der Waals surface area contributed by atoms with Gasteiger partial charge < -0.3 is 0 Å². The summed E-state index contributed by atoms with van der Waals surface area (Å²) in [6, 6.07) is 23.3. The van der Waals surface area contributed by atoms with E-state index in [4.69, 9.17) is 0 Å². The van der Waals surface area contributed by atoms with Crippen molar-refractivity contribution < 1.29 is 13.2 Å². The molecule has 2 aromatic heterocycles. The second kappa shape index (κ2) is 5.58. The molecule has 0 aliphatic rings. The van der Waals surface area contributed by atoms with Crippen LogP contribution in [0.5, 0.6) is 0 Å². The average Bonchev–Trinajstić information content (AvgIpc) is 3.06. The van der Waals surface area contributed by atoms with Crippen molar-refractivity contribution in [1.82, 2.24) is 9.38 Å². The molecule has 0 radical (unpaired) electrons. The molecule has 27 heavy (non-hydrogen) atoms. The fourth-order valence-corrected chi connectivity index (χ4v) is 3.54. The second-order valence-corrected chi connectivity index (χ2v) is 6.45. The maximum Gasteiger partial charge on any atom is 0.416 e. The number of fused-ring (bicyclic) bond motifs is 5. The topological polar surface area (TPSA) is 17.3 Å². The van der Waals surface area contributed by atoms with Gasteiger partial charge in [-0.3, -0.25) is 4.40 Å². The SMILES string of the molecule is FC(F)(F)c1ccc2c(c1)nc1c3ccccc3cc(-c3ccccc3)n21. The third-order valence-electron chi connectivity index (χ3n) is 4.79. The van der Waals surface area contributed by atoms with Crippen LogP contribution in [-0.2, 0) is 6.18 Å². The number of hydrogen-bond donors (Lipinski definition) is 0. The molecule has 2 nitrogen and oxygen atoms in total.